The minimum atomic E-state index is -0.358. The number of rotatable bonds is 3. The number of benzene rings is 1. The van der Waals surface area contributed by atoms with Crippen molar-refractivity contribution in [1.29, 1.82) is 0 Å². The zero-order valence-corrected chi connectivity index (χ0v) is 10.7. The van der Waals surface area contributed by atoms with Crippen molar-refractivity contribution in [2.45, 2.75) is 0 Å². The van der Waals surface area contributed by atoms with E-state index in [1.165, 1.54) is 0 Å². The van der Waals surface area contributed by atoms with Crippen LogP contribution >= 0.6 is 0 Å². The molecule has 0 aliphatic carbocycles. The molecule has 2 rings (SSSR count). The van der Waals surface area contributed by atoms with Crippen LogP contribution in [-0.2, 0) is 4.79 Å². The second-order valence-corrected chi connectivity index (χ2v) is 4.59. The lowest BCUT2D eigenvalue weighted by Gasteiger charge is -2.34. The number of primary amides is 1. The second-order valence-electron chi connectivity index (χ2n) is 4.59. The first-order valence-corrected chi connectivity index (χ1v) is 6.17. The lowest BCUT2D eigenvalue weighted by molar-refractivity contribution is -0.116. The van der Waals surface area contributed by atoms with E-state index < -0.39 is 0 Å². The molecule has 2 N–H and O–H groups in total. The van der Waals surface area contributed by atoms with Gasteiger partial charge in [-0.25, -0.2) is 0 Å². The third-order valence-corrected chi connectivity index (χ3v) is 3.20. The van der Waals surface area contributed by atoms with Gasteiger partial charge in [0.2, 0.25) is 0 Å². The van der Waals surface area contributed by atoms with Gasteiger partial charge in [0.15, 0.2) is 0 Å². The molecule has 18 heavy (non-hydrogen) atoms. The van der Waals surface area contributed by atoms with Crippen LogP contribution in [0, 0.1) is 0 Å². The summed E-state index contributed by atoms with van der Waals surface area (Å²) in [5, 5.41) is 0. The Hall–Kier alpha value is -1.81. The molecule has 1 aliphatic heterocycles. The summed E-state index contributed by atoms with van der Waals surface area (Å²) < 4.78 is 0. The van der Waals surface area contributed by atoms with Gasteiger partial charge in [0.05, 0.1) is 0 Å². The van der Waals surface area contributed by atoms with Crippen molar-refractivity contribution in [3.05, 3.63) is 41.6 Å². The smallest absolute Gasteiger partial charge is 0.265 e. The summed E-state index contributed by atoms with van der Waals surface area (Å²) in [6.07, 6.45) is 1.87. The number of carbonyl (C=O) groups is 1. The van der Waals surface area contributed by atoms with Crippen LogP contribution in [0.2, 0.25) is 0 Å². The third-order valence-electron chi connectivity index (χ3n) is 3.20. The Morgan fingerprint density at radius 3 is 2.33 bits per heavy atom. The van der Waals surface area contributed by atoms with E-state index in [2.05, 4.69) is 16.8 Å². The summed E-state index contributed by atoms with van der Waals surface area (Å²) >= 11 is 0. The van der Waals surface area contributed by atoms with Gasteiger partial charge in [0.25, 0.3) is 5.91 Å². The summed E-state index contributed by atoms with van der Waals surface area (Å²) in [7, 11) is 2.09. The van der Waals surface area contributed by atoms with Crippen LogP contribution in [0.15, 0.2) is 36.0 Å². The molecule has 0 saturated carbocycles. The lowest BCUT2D eigenvalue weighted by Crippen LogP contribution is -2.46. The summed E-state index contributed by atoms with van der Waals surface area (Å²) in [6.45, 7) is 3.61. The molecule has 0 unspecified atom stereocenters. The highest BCUT2D eigenvalue weighted by atomic mass is 16.1. The van der Waals surface area contributed by atoms with E-state index in [1.54, 1.807) is 0 Å². The predicted octanol–water partition coefficient (Wildman–Crippen LogP) is 0.760. The number of hydrogen-bond donors (Lipinski definition) is 1. The van der Waals surface area contributed by atoms with Gasteiger partial charge in [-0.05, 0) is 18.7 Å². The largest absolute Gasteiger partial charge is 0.365 e. The van der Waals surface area contributed by atoms with Gasteiger partial charge in [0.1, 0.15) is 5.70 Å². The Kier molecular flexibility index (Phi) is 3.99. The molecule has 0 aromatic heterocycles. The summed E-state index contributed by atoms with van der Waals surface area (Å²) in [6, 6.07) is 9.80. The first-order valence-electron chi connectivity index (χ1n) is 6.17. The number of nitrogens with zero attached hydrogens (tertiary/aromatic N) is 2. The summed E-state index contributed by atoms with van der Waals surface area (Å²) in [5.41, 5.74) is 7.10. The Balaban J connectivity index is 2.18. The average Bonchev–Trinajstić information content (AvgIpc) is 2.38. The molecule has 0 atom stereocenters. The van der Waals surface area contributed by atoms with E-state index in [0.717, 1.165) is 31.7 Å². The van der Waals surface area contributed by atoms with Crippen LogP contribution in [-0.4, -0.2) is 48.9 Å². The van der Waals surface area contributed by atoms with Crippen LogP contribution in [0.4, 0.5) is 0 Å². The van der Waals surface area contributed by atoms with Crippen LogP contribution in [0.5, 0.6) is 0 Å². The van der Waals surface area contributed by atoms with Gasteiger partial charge in [-0.3, -0.25) is 4.79 Å². The zero-order valence-electron chi connectivity index (χ0n) is 10.7. The van der Waals surface area contributed by atoms with E-state index in [9.17, 15) is 4.79 Å². The molecule has 1 heterocycles. The van der Waals surface area contributed by atoms with Gasteiger partial charge in [-0.15, -0.1) is 0 Å². The monoisotopic (exact) mass is 245 g/mol. The van der Waals surface area contributed by atoms with E-state index in [-0.39, 0.29) is 5.91 Å². The maximum absolute atomic E-state index is 11.6. The molecule has 0 spiro atoms. The fourth-order valence-electron chi connectivity index (χ4n) is 2.07. The van der Waals surface area contributed by atoms with Crippen LogP contribution < -0.4 is 5.73 Å². The number of carbonyl (C=O) groups excluding carboxylic acids is 1. The summed E-state index contributed by atoms with van der Waals surface area (Å²) in [5.74, 6) is -0.358. The minimum absolute atomic E-state index is 0.358. The topological polar surface area (TPSA) is 49.6 Å². The molecule has 1 aromatic rings. The fourth-order valence-corrected chi connectivity index (χ4v) is 2.07. The molecule has 1 aliphatic rings. The van der Waals surface area contributed by atoms with Gasteiger partial charge >= 0.3 is 0 Å². The van der Waals surface area contributed by atoms with Crippen molar-refractivity contribution in [2.75, 3.05) is 33.2 Å². The quantitative estimate of drug-likeness (QED) is 0.800. The van der Waals surface area contributed by atoms with Crippen LogP contribution in [0.25, 0.3) is 6.08 Å². The van der Waals surface area contributed by atoms with Crippen molar-refractivity contribution in [3.8, 4) is 0 Å². The predicted molar refractivity (Wildman–Crippen MR) is 72.7 cm³/mol. The molecular formula is C14H19N3O. The number of likely N-dealkylation sites (N-methyl/N-ethyl adjacent to an activating group) is 1. The van der Waals surface area contributed by atoms with Crippen molar-refractivity contribution in [2.24, 2.45) is 5.73 Å². The highest BCUT2D eigenvalue weighted by Gasteiger charge is 2.19. The second kappa shape index (κ2) is 5.69. The molecule has 0 radical (unpaired) electrons. The molecule has 1 fully saturated rings. The zero-order chi connectivity index (χ0) is 13.0. The van der Waals surface area contributed by atoms with Crippen molar-refractivity contribution in [3.63, 3.8) is 0 Å². The normalized spacial score (nSPS) is 17.8. The number of hydrogen-bond acceptors (Lipinski definition) is 3. The molecular weight excluding hydrogens is 226 g/mol. The molecule has 1 amide bonds. The summed E-state index contributed by atoms with van der Waals surface area (Å²) in [4.78, 5) is 15.9. The molecule has 96 valence electrons. The highest BCUT2D eigenvalue weighted by molar-refractivity contribution is 5.96. The molecule has 1 aromatic carbocycles. The average molecular weight is 245 g/mol. The van der Waals surface area contributed by atoms with E-state index in [1.807, 2.05) is 36.4 Å². The standard InChI is InChI=1S/C14H19N3O/c1-16-7-9-17(10-8-16)13(14(15)18)11-12-5-3-2-4-6-12/h2-6,11H,7-10H2,1H3,(H2,15,18)/b13-11+. The van der Waals surface area contributed by atoms with E-state index >= 15 is 0 Å². The maximum Gasteiger partial charge on any atom is 0.265 e. The number of nitrogens with two attached hydrogens (primary N) is 1. The Morgan fingerprint density at radius 2 is 1.78 bits per heavy atom. The minimum Gasteiger partial charge on any atom is -0.365 e. The van der Waals surface area contributed by atoms with Crippen LogP contribution in [0.1, 0.15) is 5.56 Å². The lowest BCUT2D eigenvalue weighted by atomic mass is 10.1. The van der Waals surface area contributed by atoms with Crippen LogP contribution in [0.3, 0.4) is 0 Å². The molecule has 4 nitrogen and oxygen atoms in total. The van der Waals surface area contributed by atoms with E-state index in [4.69, 9.17) is 5.73 Å². The Bertz CT molecular complexity index is 434. The number of amides is 1. The third kappa shape index (κ3) is 3.11. The van der Waals surface area contributed by atoms with Crippen molar-refractivity contribution >= 4 is 12.0 Å². The Morgan fingerprint density at radius 1 is 1.17 bits per heavy atom. The molecule has 0 bridgehead atoms. The SMILES string of the molecule is CN1CCN(/C(=C/c2ccccc2)C(N)=O)CC1. The molecule has 1 saturated heterocycles. The maximum atomic E-state index is 11.6. The van der Waals surface area contributed by atoms with Gasteiger partial charge in [-0.2, -0.15) is 0 Å². The van der Waals surface area contributed by atoms with Crippen molar-refractivity contribution < 1.29 is 4.79 Å². The fraction of sp³-hybridized carbons (Fsp3) is 0.357. The van der Waals surface area contributed by atoms with Gasteiger partial charge < -0.3 is 15.5 Å². The highest BCUT2D eigenvalue weighted by Crippen LogP contribution is 2.13. The van der Waals surface area contributed by atoms with Crippen molar-refractivity contribution in [1.82, 2.24) is 9.80 Å². The first-order chi connectivity index (χ1) is 8.66. The van der Waals surface area contributed by atoms with Gasteiger partial charge in [0, 0.05) is 26.2 Å². The number of piperazine rings is 1. The Labute approximate surface area is 108 Å². The molecule has 4 heteroatoms. The van der Waals surface area contributed by atoms with Gasteiger partial charge in [-0.1, -0.05) is 30.3 Å². The first kappa shape index (κ1) is 12.6. The van der Waals surface area contributed by atoms with E-state index in [0.29, 0.717) is 5.70 Å².